The summed E-state index contributed by atoms with van der Waals surface area (Å²) in [6.07, 6.45) is 2.32. The normalized spacial score (nSPS) is 14.7. The number of non-ortho nitro benzene ring substituents is 1. The lowest BCUT2D eigenvalue weighted by molar-refractivity contribution is -0.384. The third-order valence-corrected chi connectivity index (χ3v) is 5.98. The minimum absolute atomic E-state index is 0.0348. The third kappa shape index (κ3) is 5.67. The van der Waals surface area contributed by atoms with Gasteiger partial charge in [0.1, 0.15) is 12.4 Å². The van der Waals surface area contributed by atoms with Crippen molar-refractivity contribution in [3.05, 3.63) is 111 Å². The summed E-state index contributed by atoms with van der Waals surface area (Å²) in [6, 6.07) is 23.1. The van der Waals surface area contributed by atoms with E-state index in [1.165, 1.54) is 17.0 Å². The first-order valence-corrected chi connectivity index (χ1v) is 11.1. The highest BCUT2D eigenvalue weighted by Crippen LogP contribution is 2.32. The molecular formula is C25H20N2O5S. The van der Waals surface area contributed by atoms with Crippen LogP contribution in [0.1, 0.15) is 16.7 Å². The molecule has 3 aromatic carbocycles. The van der Waals surface area contributed by atoms with Crippen molar-refractivity contribution in [1.29, 1.82) is 0 Å². The maximum absolute atomic E-state index is 12.7. The Morgan fingerprint density at radius 1 is 0.909 bits per heavy atom. The maximum atomic E-state index is 12.7. The summed E-state index contributed by atoms with van der Waals surface area (Å²) < 4.78 is 5.72. The molecule has 3 aromatic rings. The lowest BCUT2D eigenvalue weighted by atomic mass is 10.1. The summed E-state index contributed by atoms with van der Waals surface area (Å²) in [5, 5.41) is 10.5. The van der Waals surface area contributed by atoms with Crippen molar-refractivity contribution >= 4 is 34.7 Å². The Morgan fingerprint density at radius 3 is 2.27 bits per heavy atom. The number of thioether (sulfide) groups is 1. The van der Waals surface area contributed by atoms with Crippen molar-refractivity contribution in [2.24, 2.45) is 0 Å². The van der Waals surface area contributed by atoms with Crippen molar-refractivity contribution in [3.63, 3.8) is 0 Å². The van der Waals surface area contributed by atoms with E-state index in [4.69, 9.17) is 4.74 Å². The number of carbonyl (C=O) groups excluding carboxylic acids is 2. The zero-order chi connectivity index (χ0) is 23.2. The van der Waals surface area contributed by atoms with E-state index >= 15 is 0 Å². The number of hydrogen-bond donors (Lipinski definition) is 0. The molecule has 1 heterocycles. The van der Waals surface area contributed by atoms with Crippen LogP contribution in [0.3, 0.4) is 0 Å². The van der Waals surface area contributed by atoms with Crippen LogP contribution in [0.15, 0.2) is 83.8 Å². The molecule has 8 heteroatoms. The summed E-state index contributed by atoms with van der Waals surface area (Å²) in [7, 11) is 0. The fourth-order valence-electron chi connectivity index (χ4n) is 3.27. The smallest absolute Gasteiger partial charge is 0.293 e. The van der Waals surface area contributed by atoms with Crippen LogP contribution in [-0.2, 0) is 17.8 Å². The number of nitro benzene ring substituents is 1. The van der Waals surface area contributed by atoms with Crippen LogP contribution >= 0.6 is 11.8 Å². The number of hydrogen-bond acceptors (Lipinski definition) is 6. The van der Waals surface area contributed by atoms with Gasteiger partial charge in [-0.1, -0.05) is 42.5 Å². The molecule has 0 aliphatic carbocycles. The van der Waals surface area contributed by atoms with Gasteiger partial charge in [0.25, 0.3) is 16.8 Å². The molecule has 0 unspecified atom stereocenters. The number of ether oxygens (including phenoxy) is 1. The van der Waals surface area contributed by atoms with Gasteiger partial charge in [-0.15, -0.1) is 0 Å². The molecule has 7 nitrogen and oxygen atoms in total. The van der Waals surface area contributed by atoms with E-state index in [0.717, 1.165) is 28.5 Å². The molecule has 1 aliphatic heterocycles. The summed E-state index contributed by atoms with van der Waals surface area (Å²) >= 11 is 0.946. The van der Waals surface area contributed by atoms with Crippen LogP contribution in [0.2, 0.25) is 0 Å². The Bertz CT molecular complexity index is 1190. The fraction of sp³-hybridized carbons (Fsp3) is 0.120. The molecule has 1 saturated heterocycles. The largest absolute Gasteiger partial charge is 0.489 e. The number of imide groups is 1. The molecule has 0 spiro atoms. The standard InChI is InChI=1S/C25H20N2O5S/c28-24-23(33-25(29)26(24)15-14-18-4-2-1-3-5-18)16-19-8-12-22(13-9-19)32-17-20-6-10-21(11-7-20)27(30)31/h1-13,16H,14-15,17H2/b23-16+. The van der Waals surface area contributed by atoms with Gasteiger partial charge < -0.3 is 4.74 Å². The second-order valence-corrected chi connectivity index (χ2v) is 8.34. The molecule has 0 N–H and O–H groups in total. The summed E-state index contributed by atoms with van der Waals surface area (Å²) in [4.78, 5) is 36.9. The number of rotatable bonds is 8. The monoisotopic (exact) mass is 460 g/mol. The lowest BCUT2D eigenvalue weighted by Gasteiger charge is -2.12. The number of benzene rings is 3. The lowest BCUT2D eigenvalue weighted by Crippen LogP contribution is -2.30. The fourth-order valence-corrected chi connectivity index (χ4v) is 4.14. The molecule has 1 aliphatic rings. The molecule has 166 valence electrons. The molecule has 0 saturated carbocycles. The molecule has 0 aromatic heterocycles. The van der Waals surface area contributed by atoms with Gasteiger partial charge in [-0.25, -0.2) is 0 Å². The van der Waals surface area contributed by atoms with Crippen LogP contribution in [0, 0.1) is 10.1 Å². The Hall–Kier alpha value is -3.91. The highest BCUT2D eigenvalue weighted by Gasteiger charge is 2.34. The average molecular weight is 461 g/mol. The summed E-state index contributed by atoms with van der Waals surface area (Å²) in [5.74, 6) is 0.348. The molecular weight excluding hydrogens is 440 g/mol. The Labute approximate surface area is 194 Å². The van der Waals surface area contributed by atoms with E-state index < -0.39 is 4.92 Å². The van der Waals surface area contributed by atoms with Gasteiger partial charge in [-0.05, 0) is 65.2 Å². The summed E-state index contributed by atoms with van der Waals surface area (Å²) in [6.45, 7) is 0.624. The number of nitrogens with zero attached hydrogens (tertiary/aromatic N) is 2. The first-order chi connectivity index (χ1) is 16.0. The van der Waals surface area contributed by atoms with E-state index in [0.29, 0.717) is 23.6 Å². The SMILES string of the molecule is O=C1S/C(=C/c2ccc(OCc3ccc([N+](=O)[O-])cc3)cc2)C(=O)N1CCc1ccccc1. The van der Waals surface area contributed by atoms with E-state index in [-0.39, 0.29) is 23.4 Å². The predicted molar refractivity (Wildman–Crippen MR) is 127 cm³/mol. The Morgan fingerprint density at radius 2 is 1.61 bits per heavy atom. The van der Waals surface area contributed by atoms with Gasteiger partial charge in [0, 0.05) is 18.7 Å². The molecule has 0 bridgehead atoms. The quantitative estimate of drug-likeness (QED) is 0.252. The van der Waals surface area contributed by atoms with Gasteiger partial charge in [0.05, 0.1) is 9.83 Å². The second-order valence-electron chi connectivity index (χ2n) is 7.35. The van der Waals surface area contributed by atoms with Crippen molar-refractivity contribution in [1.82, 2.24) is 4.90 Å². The minimum atomic E-state index is -0.443. The topological polar surface area (TPSA) is 89.7 Å². The van der Waals surface area contributed by atoms with Gasteiger partial charge in [0.15, 0.2) is 0 Å². The van der Waals surface area contributed by atoms with E-state index in [9.17, 15) is 19.7 Å². The van der Waals surface area contributed by atoms with Crippen LogP contribution in [-0.4, -0.2) is 27.5 Å². The Balaban J connectivity index is 1.34. The third-order valence-electron chi connectivity index (χ3n) is 5.07. The molecule has 0 atom stereocenters. The number of amides is 2. The molecule has 0 radical (unpaired) electrons. The number of carbonyl (C=O) groups is 2. The number of nitro groups is 1. The first-order valence-electron chi connectivity index (χ1n) is 10.2. The molecule has 33 heavy (non-hydrogen) atoms. The predicted octanol–water partition coefficient (Wildman–Crippen LogP) is 5.45. The van der Waals surface area contributed by atoms with Gasteiger partial charge in [-0.3, -0.25) is 24.6 Å². The van der Waals surface area contributed by atoms with E-state index in [1.54, 1.807) is 30.3 Å². The highest BCUT2D eigenvalue weighted by atomic mass is 32.2. The van der Waals surface area contributed by atoms with Crippen LogP contribution < -0.4 is 4.74 Å². The second kappa shape index (κ2) is 10.1. The van der Waals surface area contributed by atoms with Crippen molar-refractivity contribution in [3.8, 4) is 5.75 Å². The van der Waals surface area contributed by atoms with Gasteiger partial charge >= 0.3 is 0 Å². The zero-order valence-electron chi connectivity index (χ0n) is 17.5. The van der Waals surface area contributed by atoms with Crippen LogP contribution in [0.4, 0.5) is 10.5 Å². The Kier molecular flexibility index (Phi) is 6.85. The van der Waals surface area contributed by atoms with E-state index in [2.05, 4.69) is 0 Å². The highest BCUT2D eigenvalue weighted by molar-refractivity contribution is 8.18. The van der Waals surface area contributed by atoms with Crippen LogP contribution in [0.5, 0.6) is 5.75 Å². The molecule has 4 rings (SSSR count). The van der Waals surface area contributed by atoms with Gasteiger partial charge in [0.2, 0.25) is 0 Å². The zero-order valence-corrected chi connectivity index (χ0v) is 18.4. The minimum Gasteiger partial charge on any atom is -0.489 e. The van der Waals surface area contributed by atoms with Crippen LogP contribution in [0.25, 0.3) is 6.08 Å². The van der Waals surface area contributed by atoms with E-state index in [1.807, 2.05) is 42.5 Å². The first kappa shape index (κ1) is 22.3. The maximum Gasteiger partial charge on any atom is 0.293 e. The van der Waals surface area contributed by atoms with Crippen molar-refractivity contribution in [2.75, 3.05) is 6.54 Å². The average Bonchev–Trinajstić information content (AvgIpc) is 3.10. The van der Waals surface area contributed by atoms with Gasteiger partial charge in [-0.2, -0.15) is 0 Å². The van der Waals surface area contributed by atoms with Crippen molar-refractivity contribution < 1.29 is 19.2 Å². The molecule has 1 fully saturated rings. The summed E-state index contributed by atoms with van der Waals surface area (Å²) in [5.41, 5.74) is 2.71. The van der Waals surface area contributed by atoms with Crippen molar-refractivity contribution in [2.45, 2.75) is 13.0 Å². The molecule has 2 amide bonds.